The number of aromatic nitrogens is 2. The van der Waals surface area contributed by atoms with Crippen molar-refractivity contribution >= 4 is 11.9 Å². The van der Waals surface area contributed by atoms with Gasteiger partial charge in [-0.15, -0.1) is 0 Å². The van der Waals surface area contributed by atoms with E-state index in [1.807, 2.05) is 43.0 Å². The number of aromatic amines is 1. The van der Waals surface area contributed by atoms with E-state index < -0.39 is 0 Å². The molecule has 1 aromatic carbocycles. The molecule has 0 aliphatic carbocycles. The zero-order valence-corrected chi connectivity index (χ0v) is 18.4. The zero-order valence-electron chi connectivity index (χ0n) is 18.4. The van der Waals surface area contributed by atoms with Gasteiger partial charge in [0, 0.05) is 37.3 Å². The first-order valence-corrected chi connectivity index (χ1v) is 10.9. The van der Waals surface area contributed by atoms with Crippen molar-refractivity contribution in [2.45, 2.75) is 39.5 Å². The highest BCUT2D eigenvalue weighted by Crippen LogP contribution is 2.12. The van der Waals surface area contributed by atoms with Gasteiger partial charge in [0.2, 0.25) is 11.9 Å². The molecule has 0 atom stereocenters. The van der Waals surface area contributed by atoms with Gasteiger partial charge < -0.3 is 19.7 Å². The van der Waals surface area contributed by atoms with Crippen LogP contribution in [0.15, 0.2) is 29.1 Å². The largest absolute Gasteiger partial charge is 0.494 e. The fourth-order valence-electron chi connectivity index (χ4n) is 3.42. The third kappa shape index (κ3) is 7.10. The van der Waals surface area contributed by atoms with Crippen LogP contribution in [0.25, 0.3) is 0 Å². The van der Waals surface area contributed by atoms with Gasteiger partial charge in [-0.05, 0) is 45.2 Å². The van der Waals surface area contributed by atoms with Crippen LogP contribution in [0.1, 0.15) is 36.1 Å². The van der Waals surface area contributed by atoms with E-state index >= 15 is 0 Å². The average molecular weight is 429 g/mol. The summed E-state index contributed by atoms with van der Waals surface area (Å²) in [6.45, 7) is 7.75. The number of benzene rings is 1. The summed E-state index contributed by atoms with van der Waals surface area (Å²) in [6, 6.07) is 7.97. The zero-order chi connectivity index (χ0) is 22.1. The van der Waals surface area contributed by atoms with Crippen molar-refractivity contribution in [3.63, 3.8) is 0 Å². The molecule has 0 saturated carbocycles. The third-order valence-corrected chi connectivity index (χ3v) is 5.31. The summed E-state index contributed by atoms with van der Waals surface area (Å²) in [5.41, 5.74) is 2.27. The number of hydrogen-bond donors (Lipinski definition) is 2. The quantitative estimate of drug-likeness (QED) is 0.563. The van der Waals surface area contributed by atoms with Gasteiger partial charge in [-0.3, -0.25) is 14.6 Å². The second-order valence-corrected chi connectivity index (χ2v) is 7.77. The third-order valence-electron chi connectivity index (χ3n) is 5.31. The molecule has 3 rings (SSSR count). The topological polar surface area (TPSA) is 96.5 Å². The normalized spacial score (nSPS) is 13.8. The fourth-order valence-corrected chi connectivity index (χ4v) is 3.42. The SMILES string of the molecule is Cc1ccc(OCCCCNC(=O)CCc2c(C)nc(N3CCOCC3)[nH]c2=O)cc1. The minimum atomic E-state index is -0.171. The van der Waals surface area contributed by atoms with Crippen LogP contribution in [0.4, 0.5) is 5.95 Å². The average Bonchev–Trinajstić information content (AvgIpc) is 2.77. The summed E-state index contributed by atoms with van der Waals surface area (Å²) in [7, 11) is 0. The molecule has 168 valence electrons. The number of nitrogens with one attached hydrogen (secondary N) is 2. The number of hydrogen-bond acceptors (Lipinski definition) is 6. The molecule has 1 aliphatic rings. The Kier molecular flexibility index (Phi) is 8.46. The Bertz CT molecular complexity index is 905. The van der Waals surface area contributed by atoms with Crippen molar-refractivity contribution in [3.8, 4) is 5.75 Å². The number of anilines is 1. The van der Waals surface area contributed by atoms with Crippen molar-refractivity contribution < 1.29 is 14.3 Å². The van der Waals surface area contributed by atoms with Crippen LogP contribution in [0.5, 0.6) is 5.75 Å². The van der Waals surface area contributed by atoms with E-state index in [0.29, 0.717) is 63.1 Å². The maximum atomic E-state index is 12.5. The van der Waals surface area contributed by atoms with Crippen LogP contribution in [0.2, 0.25) is 0 Å². The van der Waals surface area contributed by atoms with Crippen LogP contribution in [0, 0.1) is 13.8 Å². The van der Waals surface area contributed by atoms with Crippen LogP contribution in [0.3, 0.4) is 0 Å². The molecular weight excluding hydrogens is 396 g/mol. The number of H-pyrrole nitrogens is 1. The lowest BCUT2D eigenvalue weighted by Gasteiger charge is -2.27. The number of rotatable bonds is 10. The Morgan fingerprint density at radius 2 is 1.94 bits per heavy atom. The lowest BCUT2D eigenvalue weighted by molar-refractivity contribution is -0.121. The molecule has 2 N–H and O–H groups in total. The van der Waals surface area contributed by atoms with Crippen LogP contribution in [-0.4, -0.2) is 55.3 Å². The Hall–Kier alpha value is -2.87. The number of carbonyl (C=O) groups excluding carboxylic acids is 1. The van der Waals surface area contributed by atoms with Gasteiger partial charge in [0.15, 0.2) is 0 Å². The van der Waals surface area contributed by atoms with E-state index in [0.717, 1.165) is 18.6 Å². The van der Waals surface area contributed by atoms with Crippen LogP contribution >= 0.6 is 0 Å². The Labute approximate surface area is 183 Å². The second-order valence-electron chi connectivity index (χ2n) is 7.77. The Balaban J connectivity index is 1.35. The first kappa shape index (κ1) is 22.8. The molecule has 1 aliphatic heterocycles. The molecule has 8 nitrogen and oxygen atoms in total. The molecular formula is C23H32N4O4. The van der Waals surface area contributed by atoms with Crippen molar-refractivity contribution in [3.05, 3.63) is 51.4 Å². The highest BCUT2D eigenvalue weighted by atomic mass is 16.5. The Morgan fingerprint density at radius 1 is 1.19 bits per heavy atom. The van der Waals surface area contributed by atoms with E-state index in [2.05, 4.69) is 15.3 Å². The monoisotopic (exact) mass is 428 g/mol. The van der Waals surface area contributed by atoms with E-state index in [1.165, 1.54) is 5.56 Å². The first-order chi connectivity index (χ1) is 15.0. The number of morpholine rings is 1. The second kappa shape index (κ2) is 11.5. The number of carbonyl (C=O) groups is 1. The standard InChI is InChI=1S/C23H32N4O4/c1-17-5-7-19(8-6-17)31-14-4-3-11-24-21(28)10-9-20-18(2)25-23(26-22(20)29)27-12-15-30-16-13-27/h5-8H,3-4,9-16H2,1-2H3,(H,24,28)(H,25,26,29). The molecule has 8 heteroatoms. The maximum absolute atomic E-state index is 12.5. The van der Waals surface area contributed by atoms with Crippen molar-refractivity contribution in [2.75, 3.05) is 44.4 Å². The first-order valence-electron chi connectivity index (χ1n) is 10.9. The molecule has 0 unspecified atom stereocenters. The van der Waals surface area contributed by atoms with Crippen LogP contribution < -0.4 is 20.5 Å². The van der Waals surface area contributed by atoms with Gasteiger partial charge in [0.05, 0.1) is 19.8 Å². The van der Waals surface area contributed by atoms with Gasteiger partial charge in [0.25, 0.3) is 5.56 Å². The summed E-state index contributed by atoms with van der Waals surface area (Å²) in [4.78, 5) is 34.0. The van der Waals surface area contributed by atoms with Crippen molar-refractivity contribution in [1.82, 2.24) is 15.3 Å². The van der Waals surface area contributed by atoms with Gasteiger partial charge in [0.1, 0.15) is 5.75 Å². The molecule has 1 fully saturated rings. The van der Waals surface area contributed by atoms with Crippen molar-refractivity contribution in [2.24, 2.45) is 0 Å². The molecule has 1 saturated heterocycles. The lowest BCUT2D eigenvalue weighted by atomic mass is 10.1. The minimum Gasteiger partial charge on any atom is -0.494 e. The van der Waals surface area contributed by atoms with E-state index in [1.54, 1.807) is 0 Å². The van der Waals surface area contributed by atoms with E-state index in [4.69, 9.17) is 9.47 Å². The van der Waals surface area contributed by atoms with Crippen LogP contribution in [-0.2, 0) is 16.0 Å². The van der Waals surface area contributed by atoms with E-state index in [-0.39, 0.29) is 17.9 Å². The highest BCUT2D eigenvalue weighted by Gasteiger charge is 2.16. The molecule has 1 amide bonds. The lowest BCUT2D eigenvalue weighted by Crippen LogP contribution is -2.38. The van der Waals surface area contributed by atoms with Crippen molar-refractivity contribution in [1.29, 1.82) is 0 Å². The number of unbranched alkanes of at least 4 members (excludes halogenated alkanes) is 1. The molecule has 31 heavy (non-hydrogen) atoms. The van der Waals surface area contributed by atoms with Gasteiger partial charge >= 0.3 is 0 Å². The minimum absolute atomic E-state index is 0.0597. The molecule has 0 spiro atoms. The Morgan fingerprint density at radius 3 is 2.65 bits per heavy atom. The number of amides is 1. The smallest absolute Gasteiger partial charge is 0.255 e. The molecule has 2 aromatic rings. The van der Waals surface area contributed by atoms with Gasteiger partial charge in [-0.1, -0.05) is 17.7 Å². The maximum Gasteiger partial charge on any atom is 0.255 e. The summed E-state index contributed by atoms with van der Waals surface area (Å²) in [5, 5.41) is 2.91. The highest BCUT2D eigenvalue weighted by molar-refractivity contribution is 5.76. The molecule has 0 radical (unpaired) electrons. The summed E-state index contributed by atoms with van der Waals surface area (Å²) >= 11 is 0. The fraction of sp³-hybridized carbons (Fsp3) is 0.522. The number of aryl methyl sites for hydroxylation is 2. The molecule has 2 heterocycles. The summed E-state index contributed by atoms with van der Waals surface area (Å²) in [6.07, 6.45) is 2.34. The van der Waals surface area contributed by atoms with E-state index in [9.17, 15) is 9.59 Å². The predicted octanol–water partition coefficient (Wildman–Crippen LogP) is 2.13. The van der Waals surface area contributed by atoms with Gasteiger partial charge in [-0.25, -0.2) is 4.98 Å². The number of ether oxygens (including phenoxy) is 2. The molecule has 0 bridgehead atoms. The summed E-state index contributed by atoms with van der Waals surface area (Å²) < 4.78 is 11.0. The summed E-state index contributed by atoms with van der Waals surface area (Å²) in [5.74, 6) is 1.38. The molecule has 1 aromatic heterocycles. The predicted molar refractivity (Wildman–Crippen MR) is 120 cm³/mol. The van der Waals surface area contributed by atoms with Gasteiger partial charge in [-0.2, -0.15) is 0 Å². The number of nitrogens with zero attached hydrogens (tertiary/aromatic N) is 2.